The Morgan fingerprint density at radius 1 is 1.24 bits per heavy atom. The molecule has 0 radical (unpaired) electrons. The fraction of sp³-hybridized carbons (Fsp3) is 0.440. The van der Waals surface area contributed by atoms with E-state index in [1.807, 2.05) is 35.9 Å². The third kappa shape index (κ3) is 3.65. The van der Waals surface area contributed by atoms with Crippen molar-refractivity contribution < 1.29 is 14.3 Å². The molecule has 1 amide bonds. The zero-order valence-corrected chi connectivity index (χ0v) is 19.2. The highest BCUT2D eigenvalue weighted by Crippen LogP contribution is 2.39. The van der Waals surface area contributed by atoms with Crippen LogP contribution in [-0.2, 0) is 34.8 Å². The van der Waals surface area contributed by atoms with E-state index >= 15 is 0 Å². The summed E-state index contributed by atoms with van der Waals surface area (Å²) in [4.78, 5) is 19.9. The SMILES string of the molecule is Cn1cnnc1CC1(c2cccc(CC(=O)N3CC4(CCNC4)Oc4cccnc43)c2)COC1. The molecule has 34 heavy (non-hydrogen) atoms. The highest BCUT2D eigenvalue weighted by molar-refractivity contribution is 5.95. The average molecular weight is 461 g/mol. The van der Waals surface area contributed by atoms with Crippen LogP contribution in [0.5, 0.6) is 5.75 Å². The largest absolute Gasteiger partial charge is 0.480 e. The predicted molar refractivity (Wildman–Crippen MR) is 125 cm³/mol. The van der Waals surface area contributed by atoms with Gasteiger partial charge in [0.05, 0.1) is 26.2 Å². The van der Waals surface area contributed by atoms with E-state index in [0.717, 1.165) is 37.3 Å². The Bertz CT molecular complexity index is 1210. The van der Waals surface area contributed by atoms with E-state index in [9.17, 15) is 4.79 Å². The molecule has 1 atom stereocenters. The first kappa shape index (κ1) is 21.2. The first-order valence-electron chi connectivity index (χ1n) is 11.7. The number of ether oxygens (including phenoxy) is 2. The van der Waals surface area contributed by atoms with Gasteiger partial charge in [-0.2, -0.15) is 0 Å². The van der Waals surface area contributed by atoms with Crippen molar-refractivity contribution in [3.05, 3.63) is 65.9 Å². The van der Waals surface area contributed by atoms with Crippen molar-refractivity contribution in [3.8, 4) is 5.75 Å². The summed E-state index contributed by atoms with van der Waals surface area (Å²) in [5.74, 6) is 2.23. The molecule has 5 heterocycles. The summed E-state index contributed by atoms with van der Waals surface area (Å²) in [7, 11) is 1.96. The second-order valence-corrected chi connectivity index (χ2v) is 9.70. The van der Waals surface area contributed by atoms with Crippen LogP contribution in [0.4, 0.5) is 5.82 Å². The molecule has 3 aliphatic rings. The molecule has 2 fully saturated rings. The zero-order chi connectivity index (χ0) is 23.2. The number of pyridine rings is 1. The minimum Gasteiger partial charge on any atom is -0.480 e. The summed E-state index contributed by atoms with van der Waals surface area (Å²) in [5, 5.41) is 11.7. The van der Waals surface area contributed by atoms with Gasteiger partial charge in [-0.15, -0.1) is 10.2 Å². The van der Waals surface area contributed by atoms with E-state index in [1.54, 1.807) is 17.4 Å². The van der Waals surface area contributed by atoms with Crippen LogP contribution in [0.15, 0.2) is 48.9 Å². The van der Waals surface area contributed by atoms with Crippen LogP contribution in [0, 0.1) is 0 Å². The third-order valence-corrected chi connectivity index (χ3v) is 7.24. The Morgan fingerprint density at radius 3 is 2.88 bits per heavy atom. The molecule has 3 aliphatic heterocycles. The van der Waals surface area contributed by atoms with Gasteiger partial charge in [0.2, 0.25) is 5.91 Å². The fourth-order valence-electron chi connectivity index (χ4n) is 5.21. The summed E-state index contributed by atoms with van der Waals surface area (Å²) < 4.78 is 13.9. The van der Waals surface area contributed by atoms with Crippen molar-refractivity contribution in [2.24, 2.45) is 7.05 Å². The van der Waals surface area contributed by atoms with E-state index in [1.165, 1.54) is 5.56 Å². The zero-order valence-electron chi connectivity index (χ0n) is 19.2. The Hall–Kier alpha value is -3.30. The number of benzene rings is 1. The molecule has 2 saturated heterocycles. The van der Waals surface area contributed by atoms with Crippen molar-refractivity contribution in [2.45, 2.75) is 30.3 Å². The maximum absolute atomic E-state index is 13.6. The standard InChI is InChI=1S/C25H28N6O3/c1-30-17-28-29-21(30)12-24(15-33-16-24)19-5-2-4-18(10-19)11-22(32)31-14-25(7-9-26-13-25)34-20-6-3-8-27-23(20)31/h2-6,8,10,17,26H,7,9,11-16H2,1H3. The van der Waals surface area contributed by atoms with Crippen molar-refractivity contribution >= 4 is 11.7 Å². The van der Waals surface area contributed by atoms with Crippen molar-refractivity contribution in [1.29, 1.82) is 0 Å². The lowest BCUT2D eigenvalue weighted by molar-refractivity contribution is -0.119. The van der Waals surface area contributed by atoms with E-state index in [2.05, 4.69) is 32.6 Å². The molecule has 2 aromatic heterocycles. The van der Waals surface area contributed by atoms with Crippen LogP contribution in [0.3, 0.4) is 0 Å². The van der Waals surface area contributed by atoms with Crippen LogP contribution in [0.25, 0.3) is 0 Å². The first-order valence-corrected chi connectivity index (χ1v) is 11.7. The lowest BCUT2D eigenvalue weighted by Crippen LogP contribution is -2.54. The molecule has 1 spiro atoms. The Morgan fingerprint density at radius 2 is 2.15 bits per heavy atom. The molecule has 1 aromatic carbocycles. The number of hydrogen-bond donors (Lipinski definition) is 1. The van der Waals surface area contributed by atoms with E-state index < -0.39 is 5.60 Å². The summed E-state index contributed by atoms with van der Waals surface area (Å²) in [5.41, 5.74) is 1.61. The number of nitrogens with zero attached hydrogens (tertiary/aromatic N) is 5. The summed E-state index contributed by atoms with van der Waals surface area (Å²) in [6.45, 7) is 3.38. The van der Waals surface area contributed by atoms with Gasteiger partial charge in [0.25, 0.3) is 0 Å². The van der Waals surface area contributed by atoms with Gasteiger partial charge >= 0.3 is 0 Å². The monoisotopic (exact) mass is 460 g/mol. The molecular formula is C25H28N6O3. The molecule has 9 heteroatoms. The van der Waals surface area contributed by atoms with Gasteiger partial charge < -0.3 is 19.4 Å². The van der Waals surface area contributed by atoms with Crippen LogP contribution in [-0.4, -0.2) is 64.1 Å². The van der Waals surface area contributed by atoms with Gasteiger partial charge in [-0.05, 0) is 29.8 Å². The van der Waals surface area contributed by atoms with Gasteiger partial charge in [0.1, 0.15) is 17.8 Å². The van der Waals surface area contributed by atoms with Gasteiger partial charge in [-0.1, -0.05) is 24.3 Å². The molecule has 0 aliphatic carbocycles. The Kier molecular flexibility index (Phi) is 5.11. The molecule has 6 rings (SSSR count). The number of carbonyl (C=O) groups is 1. The maximum atomic E-state index is 13.6. The number of fused-ring (bicyclic) bond motifs is 1. The molecule has 0 bridgehead atoms. The molecular weight excluding hydrogens is 432 g/mol. The van der Waals surface area contributed by atoms with Gasteiger partial charge in [-0.25, -0.2) is 4.98 Å². The summed E-state index contributed by atoms with van der Waals surface area (Å²) >= 11 is 0. The molecule has 1 unspecified atom stereocenters. The number of carbonyl (C=O) groups excluding carboxylic acids is 1. The van der Waals surface area contributed by atoms with Crippen LogP contribution >= 0.6 is 0 Å². The van der Waals surface area contributed by atoms with Gasteiger partial charge in [-0.3, -0.25) is 9.69 Å². The minimum atomic E-state index is -0.392. The van der Waals surface area contributed by atoms with Crippen molar-refractivity contribution in [2.75, 3.05) is 37.7 Å². The topological polar surface area (TPSA) is 94.4 Å². The highest BCUT2D eigenvalue weighted by Gasteiger charge is 2.45. The van der Waals surface area contributed by atoms with Gasteiger partial charge in [0.15, 0.2) is 11.6 Å². The number of anilines is 1. The average Bonchev–Trinajstić information content (AvgIpc) is 3.44. The maximum Gasteiger partial charge on any atom is 0.232 e. The number of hydrogen-bond acceptors (Lipinski definition) is 7. The van der Waals surface area contributed by atoms with Crippen molar-refractivity contribution in [3.63, 3.8) is 0 Å². The Balaban J connectivity index is 1.25. The number of aromatic nitrogens is 4. The molecule has 3 aromatic rings. The minimum absolute atomic E-state index is 0.0267. The van der Waals surface area contributed by atoms with Crippen LogP contribution in [0.2, 0.25) is 0 Å². The van der Waals surface area contributed by atoms with Crippen LogP contribution < -0.4 is 15.0 Å². The lowest BCUT2D eigenvalue weighted by atomic mass is 9.75. The first-order chi connectivity index (χ1) is 16.6. The van der Waals surface area contributed by atoms with E-state index in [0.29, 0.717) is 37.7 Å². The second kappa shape index (κ2) is 8.18. The highest BCUT2D eigenvalue weighted by atomic mass is 16.5. The van der Waals surface area contributed by atoms with Crippen molar-refractivity contribution in [1.82, 2.24) is 25.1 Å². The smallest absolute Gasteiger partial charge is 0.232 e. The number of aryl methyl sites for hydroxylation is 1. The quantitative estimate of drug-likeness (QED) is 0.615. The second-order valence-electron chi connectivity index (χ2n) is 9.70. The molecule has 176 valence electrons. The molecule has 9 nitrogen and oxygen atoms in total. The van der Waals surface area contributed by atoms with Gasteiger partial charge in [0, 0.05) is 38.0 Å². The molecule has 0 saturated carbocycles. The number of nitrogens with one attached hydrogen (secondary N) is 1. The summed E-state index contributed by atoms with van der Waals surface area (Å²) in [6.07, 6.45) is 5.34. The number of rotatable bonds is 5. The summed E-state index contributed by atoms with van der Waals surface area (Å²) in [6, 6.07) is 12.1. The van der Waals surface area contributed by atoms with E-state index in [-0.39, 0.29) is 11.3 Å². The lowest BCUT2D eigenvalue weighted by Gasteiger charge is -2.42. The van der Waals surface area contributed by atoms with E-state index in [4.69, 9.17) is 9.47 Å². The normalized spacial score (nSPS) is 22.8. The third-order valence-electron chi connectivity index (χ3n) is 7.24. The van der Waals surface area contributed by atoms with Crippen LogP contribution in [0.1, 0.15) is 23.4 Å². The Labute approximate surface area is 198 Å². The fourth-order valence-corrected chi connectivity index (χ4v) is 5.21. The predicted octanol–water partition coefficient (Wildman–Crippen LogP) is 1.42. The number of amides is 1. The molecule has 1 N–H and O–H groups in total.